The van der Waals surface area contributed by atoms with E-state index in [0.29, 0.717) is 18.4 Å². The monoisotopic (exact) mass is 266 g/mol. The molecule has 0 spiro atoms. The van der Waals surface area contributed by atoms with E-state index in [2.05, 4.69) is 10.3 Å². The van der Waals surface area contributed by atoms with Gasteiger partial charge in [0.05, 0.1) is 0 Å². The third-order valence-electron chi connectivity index (χ3n) is 4.13. The van der Waals surface area contributed by atoms with Crippen molar-refractivity contribution in [3.63, 3.8) is 0 Å². The van der Waals surface area contributed by atoms with Crippen LogP contribution in [0.1, 0.15) is 45.4 Å². The molecular weight excluding hydrogens is 240 g/mol. The highest BCUT2D eigenvalue weighted by Crippen LogP contribution is 2.26. The summed E-state index contributed by atoms with van der Waals surface area (Å²) in [7, 11) is 0. The topological polar surface area (TPSA) is 70.7 Å². The average Bonchev–Trinajstić information content (AvgIpc) is 2.87. The Kier molecular flexibility index (Phi) is 5.05. The summed E-state index contributed by atoms with van der Waals surface area (Å²) in [6, 6.07) is 0.267. The Morgan fingerprint density at radius 3 is 2.74 bits per heavy atom. The molecule has 1 unspecified atom stereocenters. The molecule has 3 N–H and O–H groups in total. The molecule has 5 heteroatoms. The van der Waals surface area contributed by atoms with Gasteiger partial charge < -0.3 is 16.0 Å². The van der Waals surface area contributed by atoms with Gasteiger partial charge in [-0.1, -0.05) is 19.3 Å². The second kappa shape index (κ2) is 6.78. The molecule has 1 atom stereocenters. The molecule has 5 nitrogen and oxygen atoms in total. The van der Waals surface area contributed by atoms with Crippen molar-refractivity contribution < 1.29 is 4.79 Å². The number of nitrogens with one attached hydrogen (secondary N) is 1. The van der Waals surface area contributed by atoms with E-state index in [1.54, 1.807) is 0 Å². The molecule has 2 rings (SSSR count). The van der Waals surface area contributed by atoms with Crippen molar-refractivity contribution >= 4 is 11.9 Å². The maximum atomic E-state index is 12.4. The van der Waals surface area contributed by atoms with Crippen molar-refractivity contribution in [2.75, 3.05) is 19.6 Å². The van der Waals surface area contributed by atoms with E-state index in [1.807, 2.05) is 11.8 Å². The van der Waals surface area contributed by atoms with Gasteiger partial charge in [-0.3, -0.25) is 9.79 Å². The summed E-state index contributed by atoms with van der Waals surface area (Å²) in [5.41, 5.74) is 5.76. The van der Waals surface area contributed by atoms with Crippen LogP contribution in [0.4, 0.5) is 0 Å². The van der Waals surface area contributed by atoms with E-state index >= 15 is 0 Å². The Hall–Kier alpha value is -1.26. The highest BCUT2D eigenvalue weighted by atomic mass is 16.2. The zero-order valence-electron chi connectivity index (χ0n) is 11.9. The number of hydrogen-bond donors (Lipinski definition) is 2. The minimum Gasteiger partial charge on any atom is -0.370 e. The van der Waals surface area contributed by atoms with Crippen LogP contribution in [-0.2, 0) is 4.79 Å². The first-order chi connectivity index (χ1) is 9.20. The van der Waals surface area contributed by atoms with Crippen LogP contribution in [0.5, 0.6) is 0 Å². The molecule has 0 aromatic carbocycles. The number of likely N-dealkylation sites (tertiary alicyclic amines) is 1. The molecule has 2 aliphatic rings. The van der Waals surface area contributed by atoms with Crippen LogP contribution >= 0.6 is 0 Å². The Bertz CT molecular complexity index is 336. The molecule has 2 fully saturated rings. The number of amides is 1. The van der Waals surface area contributed by atoms with Gasteiger partial charge in [0.25, 0.3) is 0 Å². The number of carbonyl (C=O) groups is 1. The fourth-order valence-corrected chi connectivity index (χ4v) is 3.11. The molecule has 1 amide bonds. The first kappa shape index (κ1) is 14.2. The number of hydrogen-bond acceptors (Lipinski definition) is 2. The summed E-state index contributed by atoms with van der Waals surface area (Å²) in [5.74, 6) is 1.13. The van der Waals surface area contributed by atoms with Crippen molar-refractivity contribution in [1.29, 1.82) is 0 Å². The Labute approximate surface area is 115 Å². The standard InChI is InChI=1S/C14H26N4O/c1-2-16-14(15)17-12-8-9-18(10-12)13(19)11-6-4-3-5-7-11/h11-12H,2-10H2,1H3,(H3,15,16,17). The van der Waals surface area contributed by atoms with Gasteiger partial charge in [0.15, 0.2) is 5.96 Å². The quantitative estimate of drug-likeness (QED) is 0.593. The second-order valence-electron chi connectivity index (χ2n) is 5.61. The maximum absolute atomic E-state index is 12.4. The summed E-state index contributed by atoms with van der Waals surface area (Å²) < 4.78 is 0. The number of nitrogens with two attached hydrogens (primary N) is 1. The average molecular weight is 266 g/mol. The van der Waals surface area contributed by atoms with Crippen LogP contribution in [0.2, 0.25) is 0 Å². The van der Waals surface area contributed by atoms with E-state index < -0.39 is 0 Å². The molecule has 0 aromatic rings. The van der Waals surface area contributed by atoms with E-state index in [1.165, 1.54) is 19.3 Å². The summed E-state index contributed by atoms with van der Waals surface area (Å²) in [4.78, 5) is 18.5. The minimum absolute atomic E-state index is 0.267. The highest BCUT2D eigenvalue weighted by Gasteiger charge is 2.31. The van der Waals surface area contributed by atoms with Gasteiger partial charge in [-0.15, -0.1) is 0 Å². The summed E-state index contributed by atoms with van der Waals surface area (Å²) in [6.45, 7) is 4.28. The van der Waals surface area contributed by atoms with Crippen LogP contribution in [0.3, 0.4) is 0 Å². The second-order valence-corrected chi connectivity index (χ2v) is 5.61. The lowest BCUT2D eigenvalue weighted by Gasteiger charge is -2.26. The first-order valence-corrected chi connectivity index (χ1v) is 7.56. The Balaban J connectivity index is 1.80. The van der Waals surface area contributed by atoms with Crippen LogP contribution in [-0.4, -0.2) is 42.4 Å². The molecule has 1 saturated heterocycles. The summed E-state index contributed by atoms with van der Waals surface area (Å²) >= 11 is 0. The van der Waals surface area contributed by atoms with Crippen LogP contribution < -0.4 is 11.1 Å². The van der Waals surface area contributed by atoms with E-state index in [4.69, 9.17) is 5.73 Å². The highest BCUT2D eigenvalue weighted by molar-refractivity contribution is 5.80. The van der Waals surface area contributed by atoms with Gasteiger partial charge in [0.2, 0.25) is 5.91 Å². The summed E-state index contributed by atoms with van der Waals surface area (Å²) in [5, 5.41) is 3.20. The third kappa shape index (κ3) is 3.85. The van der Waals surface area contributed by atoms with E-state index in [0.717, 1.165) is 32.4 Å². The SMILES string of the molecule is CCN=C(N)NC1CCN(C(=O)C2CCCCC2)C1. The maximum Gasteiger partial charge on any atom is 0.225 e. The van der Waals surface area contributed by atoms with Gasteiger partial charge in [-0.05, 0) is 26.2 Å². The molecule has 0 aromatic heterocycles. The first-order valence-electron chi connectivity index (χ1n) is 7.56. The third-order valence-corrected chi connectivity index (χ3v) is 4.13. The summed E-state index contributed by atoms with van der Waals surface area (Å²) in [6.07, 6.45) is 6.83. The van der Waals surface area contributed by atoms with Gasteiger partial charge in [0, 0.05) is 31.6 Å². The van der Waals surface area contributed by atoms with Crippen molar-refractivity contribution in [3.8, 4) is 0 Å². The van der Waals surface area contributed by atoms with Crippen LogP contribution in [0.15, 0.2) is 4.99 Å². The van der Waals surface area contributed by atoms with Crippen molar-refractivity contribution in [2.24, 2.45) is 16.6 Å². The predicted molar refractivity (Wildman–Crippen MR) is 76.9 cm³/mol. The van der Waals surface area contributed by atoms with E-state index in [9.17, 15) is 4.79 Å². The van der Waals surface area contributed by atoms with Crippen LogP contribution in [0, 0.1) is 5.92 Å². The van der Waals surface area contributed by atoms with Crippen LogP contribution in [0.25, 0.3) is 0 Å². The number of aliphatic imine (C=N–C) groups is 1. The number of carbonyl (C=O) groups excluding carboxylic acids is 1. The lowest BCUT2D eigenvalue weighted by atomic mass is 9.88. The van der Waals surface area contributed by atoms with Gasteiger partial charge in [-0.2, -0.15) is 0 Å². The zero-order valence-corrected chi connectivity index (χ0v) is 11.9. The molecular formula is C14H26N4O. The molecule has 19 heavy (non-hydrogen) atoms. The Morgan fingerprint density at radius 1 is 1.32 bits per heavy atom. The van der Waals surface area contributed by atoms with Crippen molar-refractivity contribution in [2.45, 2.75) is 51.5 Å². The molecule has 1 heterocycles. The van der Waals surface area contributed by atoms with E-state index in [-0.39, 0.29) is 12.0 Å². The molecule has 0 bridgehead atoms. The number of nitrogens with zero attached hydrogens (tertiary/aromatic N) is 2. The smallest absolute Gasteiger partial charge is 0.225 e. The number of rotatable bonds is 3. The predicted octanol–water partition coefficient (Wildman–Crippen LogP) is 1.09. The molecule has 1 saturated carbocycles. The van der Waals surface area contributed by atoms with Gasteiger partial charge in [-0.25, -0.2) is 0 Å². The lowest BCUT2D eigenvalue weighted by molar-refractivity contribution is -0.135. The fourth-order valence-electron chi connectivity index (χ4n) is 3.11. The molecule has 1 aliphatic heterocycles. The fraction of sp³-hybridized carbons (Fsp3) is 0.857. The molecule has 0 radical (unpaired) electrons. The number of guanidine groups is 1. The largest absolute Gasteiger partial charge is 0.370 e. The van der Waals surface area contributed by atoms with Crippen molar-refractivity contribution in [3.05, 3.63) is 0 Å². The van der Waals surface area contributed by atoms with Gasteiger partial charge >= 0.3 is 0 Å². The minimum atomic E-state index is 0.267. The zero-order chi connectivity index (χ0) is 13.7. The Morgan fingerprint density at radius 2 is 2.05 bits per heavy atom. The van der Waals surface area contributed by atoms with Crippen molar-refractivity contribution in [1.82, 2.24) is 10.2 Å². The molecule has 1 aliphatic carbocycles. The van der Waals surface area contributed by atoms with Gasteiger partial charge in [0.1, 0.15) is 0 Å². The molecule has 108 valence electrons. The lowest BCUT2D eigenvalue weighted by Crippen LogP contribution is -2.43. The normalized spacial score (nSPS) is 25.6.